The second-order valence-electron chi connectivity index (χ2n) is 6.04. The van der Waals surface area contributed by atoms with E-state index >= 15 is 0 Å². The van der Waals surface area contributed by atoms with E-state index in [1.807, 2.05) is 0 Å². The topological polar surface area (TPSA) is 52.4 Å². The van der Waals surface area contributed by atoms with Crippen LogP contribution in [0.2, 0.25) is 0 Å². The zero-order chi connectivity index (χ0) is 15.3. The molecule has 0 unspecified atom stereocenters. The summed E-state index contributed by atoms with van der Waals surface area (Å²) in [6.45, 7) is 2.26. The maximum absolute atomic E-state index is 11.2. The van der Waals surface area contributed by atoms with Gasteiger partial charge in [-0.05, 0) is 31.6 Å². The predicted octanol–water partition coefficient (Wildman–Crippen LogP) is 4.55. The largest absolute Gasteiger partial charge is 0.486 e. The molecule has 1 fully saturated rings. The zero-order valence-electron chi connectivity index (χ0n) is 12.5. The van der Waals surface area contributed by atoms with Crippen molar-refractivity contribution in [3.63, 3.8) is 0 Å². The summed E-state index contributed by atoms with van der Waals surface area (Å²) in [6, 6.07) is 5.23. The molecular weight excluding hydrogens is 286 g/mol. The van der Waals surface area contributed by atoms with E-state index in [1.165, 1.54) is 25.7 Å². The fraction of sp³-hybridized carbons (Fsp3) is 0.625. The van der Waals surface area contributed by atoms with Gasteiger partial charge in [0.1, 0.15) is 0 Å². The van der Waals surface area contributed by atoms with Crippen LogP contribution >= 0.6 is 12.6 Å². The van der Waals surface area contributed by atoms with Crippen LogP contribution in [-0.4, -0.2) is 17.3 Å². The molecule has 0 saturated heterocycles. The molecule has 0 atom stereocenters. The lowest BCUT2D eigenvalue weighted by Gasteiger charge is -2.30. The molecule has 0 radical (unpaired) electrons. The summed E-state index contributed by atoms with van der Waals surface area (Å²) in [5, 5.41) is 11.2. The number of thiol groups is 1. The highest BCUT2D eigenvalue weighted by molar-refractivity contribution is 7.80. The van der Waals surface area contributed by atoms with Gasteiger partial charge in [-0.1, -0.05) is 37.8 Å². The first-order valence-corrected chi connectivity index (χ1v) is 8.19. The Morgan fingerprint density at radius 2 is 1.95 bits per heavy atom. The molecule has 2 rings (SSSR count). The van der Waals surface area contributed by atoms with Gasteiger partial charge in [-0.25, -0.2) is 0 Å². The number of nitro benzene ring substituents is 1. The molecule has 1 aromatic carbocycles. The second-order valence-corrected chi connectivity index (χ2v) is 6.36. The van der Waals surface area contributed by atoms with Gasteiger partial charge in [0.2, 0.25) is 0 Å². The van der Waals surface area contributed by atoms with Gasteiger partial charge in [-0.2, -0.15) is 12.6 Å². The maximum atomic E-state index is 11.2. The van der Waals surface area contributed by atoms with Crippen molar-refractivity contribution in [2.24, 2.45) is 5.41 Å². The van der Waals surface area contributed by atoms with Crippen LogP contribution in [0, 0.1) is 22.5 Å². The number of nitro groups is 1. The van der Waals surface area contributed by atoms with E-state index in [-0.39, 0.29) is 16.0 Å². The van der Waals surface area contributed by atoms with Crippen molar-refractivity contribution in [3.8, 4) is 5.75 Å². The summed E-state index contributed by atoms with van der Waals surface area (Å²) >= 11 is 4.52. The second kappa shape index (κ2) is 7.16. The minimum atomic E-state index is -0.356. The van der Waals surface area contributed by atoms with Crippen molar-refractivity contribution in [1.82, 2.24) is 0 Å². The van der Waals surface area contributed by atoms with Crippen molar-refractivity contribution in [1.29, 1.82) is 0 Å². The van der Waals surface area contributed by atoms with Gasteiger partial charge < -0.3 is 4.74 Å². The third kappa shape index (κ3) is 3.90. The smallest absolute Gasteiger partial charge is 0.313 e. The first-order chi connectivity index (χ1) is 10.1. The Hall–Kier alpha value is -1.23. The average Bonchev–Trinajstić information content (AvgIpc) is 2.71. The van der Waals surface area contributed by atoms with E-state index in [0.717, 1.165) is 18.6 Å². The van der Waals surface area contributed by atoms with E-state index in [0.29, 0.717) is 17.9 Å². The molecule has 1 aliphatic rings. The van der Waals surface area contributed by atoms with Gasteiger partial charge >= 0.3 is 5.69 Å². The Balaban J connectivity index is 2.14. The Labute approximate surface area is 131 Å². The third-order valence-electron chi connectivity index (χ3n) is 4.42. The zero-order valence-corrected chi connectivity index (χ0v) is 13.4. The number of rotatable bonds is 5. The predicted molar refractivity (Wildman–Crippen MR) is 87.3 cm³/mol. The van der Waals surface area contributed by atoms with Crippen molar-refractivity contribution >= 4 is 18.3 Å². The van der Waals surface area contributed by atoms with Crippen LogP contribution in [0.5, 0.6) is 5.75 Å². The van der Waals surface area contributed by atoms with E-state index in [9.17, 15) is 10.1 Å². The van der Waals surface area contributed by atoms with Gasteiger partial charge in [0.25, 0.3) is 0 Å². The summed E-state index contributed by atoms with van der Waals surface area (Å²) < 4.78 is 5.88. The number of benzene rings is 1. The van der Waals surface area contributed by atoms with E-state index in [1.54, 1.807) is 25.1 Å². The van der Waals surface area contributed by atoms with Gasteiger partial charge in [-0.3, -0.25) is 10.1 Å². The fourth-order valence-electron chi connectivity index (χ4n) is 3.04. The van der Waals surface area contributed by atoms with Crippen LogP contribution in [0.1, 0.15) is 44.1 Å². The monoisotopic (exact) mass is 309 g/mol. The number of aryl methyl sites for hydroxylation is 1. The quantitative estimate of drug-likeness (QED) is 0.376. The number of nitrogens with zero attached hydrogens (tertiary/aromatic N) is 1. The molecule has 4 nitrogen and oxygen atoms in total. The minimum Gasteiger partial charge on any atom is -0.486 e. The summed E-state index contributed by atoms with van der Waals surface area (Å²) in [4.78, 5) is 10.9. The number of ether oxygens (including phenoxy) is 1. The van der Waals surface area contributed by atoms with Crippen LogP contribution in [-0.2, 0) is 0 Å². The highest BCUT2D eigenvalue weighted by atomic mass is 32.1. The number of hydrogen-bond acceptors (Lipinski definition) is 4. The summed E-state index contributed by atoms with van der Waals surface area (Å²) in [6.07, 6.45) is 7.10. The Kier molecular flexibility index (Phi) is 5.51. The average molecular weight is 309 g/mol. The maximum Gasteiger partial charge on any atom is 0.313 e. The van der Waals surface area contributed by atoms with Crippen molar-refractivity contribution in [2.75, 3.05) is 12.4 Å². The molecule has 1 aliphatic carbocycles. The van der Waals surface area contributed by atoms with Gasteiger partial charge in [0, 0.05) is 11.0 Å². The van der Waals surface area contributed by atoms with E-state index < -0.39 is 0 Å². The highest BCUT2D eigenvalue weighted by Gasteiger charge is 2.31. The van der Waals surface area contributed by atoms with E-state index in [4.69, 9.17) is 4.74 Å². The lowest BCUT2D eigenvalue weighted by molar-refractivity contribution is -0.386. The summed E-state index contributed by atoms with van der Waals surface area (Å²) in [5.41, 5.74) is 0.774. The highest BCUT2D eigenvalue weighted by Crippen LogP contribution is 2.38. The van der Waals surface area contributed by atoms with Crippen molar-refractivity contribution in [2.45, 2.75) is 45.4 Å². The SMILES string of the molecule is Cc1cccc(OCC2(CS)CCCCCC2)c1[N+](=O)[O-]. The van der Waals surface area contributed by atoms with Crippen LogP contribution in [0.15, 0.2) is 18.2 Å². The molecule has 0 N–H and O–H groups in total. The third-order valence-corrected chi connectivity index (χ3v) is 5.09. The van der Waals surface area contributed by atoms with Crippen LogP contribution < -0.4 is 4.74 Å². The number of para-hydroxylation sites is 1. The summed E-state index contributed by atoms with van der Waals surface area (Å²) in [7, 11) is 0. The van der Waals surface area contributed by atoms with E-state index in [2.05, 4.69) is 12.6 Å². The molecule has 0 aromatic heterocycles. The Bertz CT molecular complexity index is 496. The molecule has 0 spiro atoms. The lowest BCUT2D eigenvalue weighted by atomic mass is 9.83. The Morgan fingerprint density at radius 3 is 2.52 bits per heavy atom. The van der Waals surface area contributed by atoms with Gasteiger partial charge in [-0.15, -0.1) is 0 Å². The fourth-order valence-corrected chi connectivity index (χ4v) is 3.45. The standard InChI is InChI=1S/C16H23NO3S/c1-13-7-6-8-14(15(13)17(18)19)20-11-16(12-21)9-4-2-3-5-10-16/h6-8,21H,2-5,9-12H2,1H3. The van der Waals surface area contributed by atoms with Crippen LogP contribution in [0.25, 0.3) is 0 Å². The molecule has 0 heterocycles. The molecule has 116 valence electrons. The first kappa shape index (κ1) is 16.1. The molecule has 1 saturated carbocycles. The minimum absolute atomic E-state index is 0.0528. The molecule has 0 amide bonds. The molecule has 5 heteroatoms. The molecule has 0 bridgehead atoms. The normalized spacial score (nSPS) is 18.0. The van der Waals surface area contributed by atoms with Crippen molar-refractivity contribution in [3.05, 3.63) is 33.9 Å². The van der Waals surface area contributed by atoms with Crippen LogP contribution in [0.4, 0.5) is 5.69 Å². The molecular formula is C16H23NO3S. The molecule has 21 heavy (non-hydrogen) atoms. The number of hydrogen-bond donors (Lipinski definition) is 1. The molecule has 0 aliphatic heterocycles. The van der Waals surface area contributed by atoms with Gasteiger partial charge in [0.05, 0.1) is 11.5 Å². The first-order valence-electron chi connectivity index (χ1n) is 7.56. The van der Waals surface area contributed by atoms with Gasteiger partial charge in [0.15, 0.2) is 5.75 Å². The Morgan fingerprint density at radius 1 is 1.29 bits per heavy atom. The van der Waals surface area contributed by atoms with Crippen LogP contribution in [0.3, 0.4) is 0 Å². The molecule has 1 aromatic rings. The lowest BCUT2D eigenvalue weighted by Crippen LogP contribution is -2.30. The van der Waals surface area contributed by atoms with Crippen molar-refractivity contribution < 1.29 is 9.66 Å². The summed E-state index contributed by atoms with van der Waals surface area (Å²) in [5.74, 6) is 1.15.